The molecule has 1 rings (SSSR count). The summed E-state index contributed by atoms with van der Waals surface area (Å²) >= 11 is 0. The van der Waals surface area contributed by atoms with Crippen molar-refractivity contribution in [3.8, 4) is 0 Å². The van der Waals surface area contributed by atoms with Gasteiger partial charge in [0.05, 0.1) is 6.61 Å². The Hall–Kier alpha value is -0.120. The molecule has 3 heteroatoms. The van der Waals surface area contributed by atoms with Crippen LogP contribution in [0.15, 0.2) is 0 Å². The van der Waals surface area contributed by atoms with Gasteiger partial charge < -0.3 is 10.8 Å². The second-order valence-electron chi connectivity index (χ2n) is 4.11. The molecular weight excluding hydrogens is 152 g/mol. The van der Waals surface area contributed by atoms with Crippen LogP contribution in [0.4, 0.5) is 0 Å². The van der Waals surface area contributed by atoms with Crippen LogP contribution in [0.3, 0.4) is 0 Å². The first-order valence-corrected chi connectivity index (χ1v) is 4.76. The molecule has 1 fully saturated rings. The molecule has 1 aliphatic rings. The van der Waals surface area contributed by atoms with Gasteiger partial charge >= 0.3 is 0 Å². The van der Waals surface area contributed by atoms with E-state index in [1.165, 1.54) is 12.8 Å². The van der Waals surface area contributed by atoms with Gasteiger partial charge in [-0.15, -0.1) is 0 Å². The lowest BCUT2D eigenvalue weighted by atomic mass is 9.98. The first kappa shape index (κ1) is 9.96. The third kappa shape index (κ3) is 3.09. The van der Waals surface area contributed by atoms with Crippen LogP contribution in [-0.2, 0) is 0 Å². The number of aliphatic hydroxyl groups is 1. The minimum absolute atomic E-state index is 0.0499. The third-order valence-corrected chi connectivity index (χ3v) is 2.47. The van der Waals surface area contributed by atoms with Crippen molar-refractivity contribution in [1.29, 1.82) is 0 Å². The largest absolute Gasteiger partial charge is 0.395 e. The summed E-state index contributed by atoms with van der Waals surface area (Å²) < 4.78 is 0. The van der Waals surface area contributed by atoms with E-state index >= 15 is 0 Å². The molecule has 1 heterocycles. The summed E-state index contributed by atoms with van der Waals surface area (Å²) in [5, 5.41) is 8.80. The maximum atomic E-state index is 8.80. The normalized spacial score (nSPS) is 33.2. The van der Waals surface area contributed by atoms with Gasteiger partial charge in [0.25, 0.3) is 0 Å². The maximum Gasteiger partial charge on any atom is 0.0558 e. The average Bonchev–Trinajstić information content (AvgIpc) is 2.11. The molecular formula is C9H20N2O. The SMILES string of the molecule is CC1(N)CCCCN(CCO)C1. The quantitative estimate of drug-likeness (QED) is 0.625. The molecule has 1 atom stereocenters. The predicted molar refractivity (Wildman–Crippen MR) is 50.0 cm³/mol. The fraction of sp³-hybridized carbons (Fsp3) is 1.00. The highest BCUT2D eigenvalue weighted by molar-refractivity contribution is 4.85. The van der Waals surface area contributed by atoms with Crippen molar-refractivity contribution in [3.05, 3.63) is 0 Å². The Morgan fingerprint density at radius 1 is 1.50 bits per heavy atom. The summed E-state index contributed by atoms with van der Waals surface area (Å²) in [5.74, 6) is 0. The fourth-order valence-electron chi connectivity index (χ4n) is 1.87. The molecule has 0 spiro atoms. The molecule has 0 amide bonds. The Kier molecular flexibility index (Phi) is 3.50. The first-order chi connectivity index (χ1) is 5.64. The number of hydrogen-bond acceptors (Lipinski definition) is 3. The molecule has 0 aliphatic carbocycles. The molecule has 3 N–H and O–H groups in total. The monoisotopic (exact) mass is 172 g/mol. The topological polar surface area (TPSA) is 49.5 Å². The van der Waals surface area contributed by atoms with Gasteiger partial charge in [-0.2, -0.15) is 0 Å². The van der Waals surface area contributed by atoms with E-state index in [1.54, 1.807) is 0 Å². The number of nitrogens with two attached hydrogens (primary N) is 1. The molecule has 1 saturated heterocycles. The fourth-order valence-corrected chi connectivity index (χ4v) is 1.87. The van der Waals surface area contributed by atoms with E-state index in [9.17, 15) is 0 Å². The Bertz CT molecular complexity index is 136. The second-order valence-corrected chi connectivity index (χ2v) is 4.11. The lowest BCUT2D eigenvalue weighted by Gasteiger charge is -2.28. The van der Waals surface area contributed by atoms with Crippen LogP contribution in [0.2, 0.25) is 0 Å². The van der Waals surface area contributed by atoms with Crippen LogP contribution in [0.5, 0.6) is 0 Å². The lowest BCUT2D eigenvalue weighted by molar-refractivity contribution is 0.179. The van der Waals surface area contributed by atoms with Gasteiger partial charge in [0.15, 0.2) is 0 Å². The molecule has 12 heavy (non-hydrogen) atoms. The zero-order chi connectivity index (χ0) is 9.03. The Morgan fingerprint density at radius 3 is 2.92 bits per heavy atom. The van der Waals surface area contributed by atoms with E-state index in [4.69, 9.17) is 10.8 Å². The molecule has 0 bridgehead atoms. The van der Waals surface area contributed by atoms with Crippen molar-refractivity contribution < 1.29 is 5.11 Å². The van der Waals surface area contributed by atoms with Gasteiger partial charge in [-0.3, -0.25) is 4.90 Å². The summed E-state index contributed by atoms with van der Waals surface area (Å²) in [7, 11) is 0. The van der Waals surface area contributed by atoms with Gasteiger partial charge in [0, 0.05) is 18.6 Å². The molecule has 0 saturated carbocycles. The Morgan fingerprint density at radius 2 is 2.25 bits per heavy atom. The van der Waals surface area contributed by atoms with E-state index in [2.05, 4.69) is 11.8 Å². The molecule has 1 unspecified atom stereocenters. The molecule has 0 radical (unpaired) electrons. The van der Waals surface area contributed by atoms with E-state index in [-0.39, 0.29) is 12.1 Å². The van der Waals surface area contributed by atoms with E-state index < -0.39 is 0 Å². The molecule has 3 nitrogen and oxygen atoms in total. The standard InChI is InChI=1S/C9H20N2O/c1-9(10)4-2-3-5-11(8-9)6-7-12/h12H,2-8,10H2,1H3. The highest BCUT2D eigenvalue weighted by atomic mass is 16.3. The number of aliphatic hydroxyl groups excluding tert-OH is 1. The van der Waals surface area contributed by atoms with Crippen LogP contribution in [0.1, 0.15) is 26.2 Å². The van der Waals surface area contributed by atoms with Gasteiger partial charge in [-0.25, -0.2) is 0 Å². The number of hydrogen-bond donors (Lipinski definition) is 2. The Balaban J connectivity index is 2.42. The number of nitrogens with zero attached hydrogens (tertiary/aromatic N) is 1. The lowest BCUT2D eigenvalue weighted by Crippen LogP contribution is -2.47. The van der Waals surface area contributed by atoms with Crippen molar-refractivity contribution in [1.82, 2.24) is 4.90 Å². The van der Waals surface area contributed by atoms with Crippen LogP contribution in [-0.4, -0.2) is 41.8 Å². The van der Waals surface area contributed by atoms with Gasteiger partial charge in [0.2, 0.25) is 0 Å². The number of rotatable bonds is 2. The smallest absolute Gasteiger partial charge is 0.0558 e. The highest BCUT2D eigenvalue weighted by Crippen LogP contribution is 2.17. The van der Waals surface area contributed by atoms with Crippen molar-refractivity contribution in [2.75, 3.05) is 26.2 Å². The van der Waals surface area contributed by atoms with Crippen molar-refractivity contribution >= 4 is 0 Å². The van der Waals surface area contributed by atoms with E-state index in [1.807, 2.05) is 0 Å². The summed E-state index contributed by atoms with van der Waals surface area (Å²) in [5.41, 5.74) is 6.03. The summed E-state index contributed by atoms with van der Waals surface area (Å²) in [6.45, 7) is 5.13. The first-order valence-electron chi connectivity index (χ1n) is 4.76. The minimum Gasteiger partial charge on any atom is -0.395 e. The van der Waals surface area contributed by atoms with Gasteiger partial charge in [0.1, 0.15) is 0 Å². The second kappa shape index (κ2) is 4.21. The van der Waals surface area contributed by atoms with Gasteiger partial charge in [-0.05, 0) is 26.3 Å². The van der Waals surface area contributed by atoms with Gasteiger partial charge in [-0.1, -0.05) is 6.42 Å². The summed E-state index contributed by atoms with van der Waals surface area (Å²) in [6.07, 6.45) is 3.54. The summed E-state index contributed by atoms with van der Waals surface area (Å²) in [6, 6.07) is 0. The molecule has 0 aromatic rings. The predicted octanol–water partition coefficient (Wildman–Crippen LogP) is 0.182. The number of β-amino-alcohol motifs (C(OH)–C–C–N with tert-alkyl or cyclic N) is 1. The van der Waals surface area contributed by atoms with E-state index in [0.717, 1.165) is 26.1 Å². The zero-order valence-corrected chi connectivity index (χ0v) is 7.92. The van der Waals surface area contributed by atoms with Crippen molar-refractivity contribution in [2.45, 2.75) is 31.7 Å². The van der Waals surface area contributed by atoms with Crippen LogP contribution in [0, 0.1) is 0 Å². The Labute approximate surface area is 74.5 Å². The zero-order valence-electron chi connectivity index (χ0n) is 7.92. The third-order valence-electron chi connectivity index (χ3n) is 2.47. The molecule has 0 aromatic heterocycles. The van der Waals surface area contributed by atoms with Crippen molar-refractivity contribution in [2.24, 2.45) is 5.73 Å². The minimum atomic E-state index is -0.0499. The molecule has 0 aromatic carbocycles. The van der Waals surface area contributed by atoms with Crippen LogP contribution >= 0.6 is 0 Å². The summed E-state index contributed by atoms with van der Waals surface area (Å²) in [4.78, 5) is 2.26. The maximum absolute atomic E-state index is 8.80. The van der Waals surface area contributed by atoms with E-state index in [0.29, 0.717) is 0 Å². The van der Waals surface area contributed by atoms with Crippen LogP contribution in [0.25, 0.3) is 0 Å². The average molecular weight is 172 g/mol. The molecule has 1 aliphatic heterocycles. The number of likely N-dealkylation sites (tertiary alicyclic amines) is 1. The van der Waals surface area contributed by atoms with Crippen molar-refractivity contribution in [3.63, 3.8) is 0 Å². The highest BCUT2D eigenvalue weighted by Gasteiger charge is 2.24. The molecule has 72 valence electrons. The van der Waals surface area contributed by atoms with Crippen LogP contribution < -0.4 is 5.73 Å².